The Morgan fingerprint density at radius 2 is 1.61 bits per heavy atom. The molecule has 2 aromatic carbocycles. The van der Waals surface area contributed by atoms with E-state index in [1.807, 2.05) is 32.8 Å². The summed E-state index contributed by atoms with van der Waals surface area (Å²) in [7, 11) is 2.76. The molecule has 2 rings (SSSR count). The Morgan fingerprint density at radius 1 is 0.939 bits per heavy atom. The Bertz CT molecular complexity index is 1020. The van der Waals surface area contributed by atoms with Crippen LogP contribution in [-0.4, -0.2) is 65.5 Å². The van der Waals surface area contributed by atoms with Crippen LogP contribution < -0.4 is 13.7 Å². The lowest BCUT2D eigenvalue weighted by atomic mass is 10.1. The number of likely N-dealkylation sites (N-methyl/N-ethyl adjacent to an activating group) is 1. The smallest absolute Gasteiger partial charge is 0.339 e. The Hall–Kier alpha value is -2.78. The second kappa shape index (κ2) is 11.9. The highest BCUT2D eigenvalue weighted by Gasteiger charge is 2.21. The summed E-state index contributed by atoms with van der Waals surface area (Å²) in [5.41, 5.74) is 0.742. The largest absolute Gasteiger partial charge is 0.497 e. The van der Waals surface area contributed by atoms with Gasteiger partial charge in [-0.2, -0.15) is 8.42 Å². The molecule has 0 aliphatic rings. The van der Waals surface area contributed by atoms with Gasteiger partial charge in [0.05, 0.1) is 14.2 Å². The van der Waals surface area contributed by atoms with Crippen molar-refractivity contribution in [3.05, 3.63) is 48.0 Å². The summed E-state index contributed by atoms with van der Waals surface area (Å²) in [6, 6.07) is 11.0. The lowest BCUT2D eigenvalue weighted by Crippen LogP contribution is -2.36. The molecule has 0 aliphatic heterocycles. The first-order valence-corrected chi connectivity index (χ1v) is 12.1. The standard InChI is InChI=1S/C24H34N2O6S/c1-18(2)15-24(27)26(14-13-25(3)4)17-19-7-12-22(31-6)23(16-19)32-33(28,29)21-10-8-20(30-5)9-11-21/h7-12,16,18H,13-15,17H2,1-6H3. The Kier molecular flexibility index (Phi) is 9.55. The van der Waals surface area contributed by atoms with Crippen molar-refractivity contribution in [3.8, 4) is 17.2 Å². The number of hydrogen-bond acceptors (Lipinski definition) is 7. The summed E-state index contributed by atoms with van der Waals surface area (Å²) < 4.78 is 41.4. The van der Waals surface area contributed by atoms with Crippen LogP contribution in [0.4, 0.5) is 0 Å². The maximum atomic E-state index is 12.8. The SMILES string of the molecule is COc1ccc(S(=O)(=O)Oc2cc(CN(CCN(C)C)C(=O)CC(C)C)ccc2OC)cc1. The fourth-order valence-corrected chi connectivity index (χ4v) is 4.04. The number of hydrogen-bond donors (Lipinski definition) is 0. The number of ether oxygens (including phenoxy) is 2. The number of carbonyl (C=O) groups is 1. The van der Waals surface area contributed by atoms with Crippen LogP contribution in [0.3, 0.4) is 0 Å². The van der Waals surface area contributed by atoms with Crippen molar-refractivity contribution in [2.45, 2.75) is 31.7 Å². The zero-order valence-corrected chi connectivity index (χ0v) is 21.0. The van der Waals surface area contributed by atoms with E-state index in [1.165, 1.54) is 26.4 Å². The van der Waals surface area contributed by atoms with Gasteiger partial charge in [-0.05, 0) is 62.0 Å². The molecule has 0 aromatic heterocycles. The van der Waals surface area contributed by atoms with Gasteiger partial charge in [0, 0.05) is 26.1 Å². The minimum atomic E-state index is -4.09. The van der Waals surface area contributed by atoms with Crippen LogP contribution in [0.1, 0.15) is 25.8 Å². The quantitative estimate of drug-likeness (QED) is 0.432. The average Bonchev–Trinajstić information content (AvgIpc) is 2.76. The van der Waals surface area contributed by atoms with E-state index in [0.29, 0.717) is 25.3 Å². The normalized spacial score (nSPS) is 11.5. The van der Waals surface area contributed by atoms with E-state index in [0.717, 1.165) is 12.1 Å². The number of carbonyl (C=O) groups excluding carboxylic acids is 1. The zero-order chi connectivity index (χ0) is 24.6. The van der Waals surface area contributed by atoms with E-state index in [1.54, 1.807) is 35.2 Å². The molecule has 0 saturated heterocycles. The summed E-state index contributed by atoms with van der Waals surface area (Å²) in [6.45, 7) is 5.62. The van der Waals surface area contributed by atoms with Gasteiger partial charge in [0.25, 0.3) is 0 Å². The molecule has 9 heteroatoms. The van der Waals surface area contributed by atoms with Gasteiger partial charge in [-0.1, -0.05) is 19.9 Å². The number of amides is 1. The van der Waals surface area contributed by atoms with Crippen molar-refractivity contribution in [2.24, 2.45) is 5.92 Å². The molecule has 0 saturated carbocycles. The van der Waals surface area contributed by atoms with Crippen LogP contribution >= 0.6 is 0 Å². The monoisotopic (exact) mass is 478 g/mol. The maximum absolute atomic E-state index is 12.8. The second-order valence-electron chi connectivity index (χ2n) is 8.41. The van der Waals surface area contributed by atoms with Crippen molar-refractivity contribution in [1.29, 1.82) is 0 Å². The van der Waals surface area contributed by atoms with Crippen molar-refractivity contribution < 1.29 is 26.9 Å². The first kappa shape index (κ1) is 26.5. The first-order valence-electron chi connectivity index (χ1n) is 10.7. The van der Waals surface area contributed by atoms with Crippen LogP contribution in [0.15, 0.2) is 47.4 Å². The summed E-state index contributed by atoms with van der Waals surface area (Å²) >= 11 is 0. The molecular formula is C24H34N2O6S. The molecule has 182 valence electrons. The molecule has 0 atom stereocenters. The van der Waals surface area contributed by atoms with E-state index in [9.17, 15) is 13.2 Å². The van der Waals surface area contributed by atoms with Crippen LogP contribution in [0.25, 0.3) is 0 Å². The molecule has 0 fully saturated rings. The Morgan fingerprint density at radius 3 is 2.15 bits per heavy atom. The highest BCUT2D eigenvalue weighted by molar-refractivity contribution is 7.87. The topological polar surface area (TPSA) is 85.4 Å². The van der Waals surface area contributed by atoms with Gasteiger partial charge in [0.15, 0.2) is 11.5 Å². The minimum Gasteiger partial charge on any atom is -0.497 e. The van der Waals surface area contributed by atoms with Crippen molar-refractivity contribution >= 4 is 16.0 Å². The van der Waals surface area contributed by atoms with Gasteiger partial charge < -0.3 is 23.5 Å². The van der Waals surface area contributed by atoms with Gasteiger partial charge in [0.2, 0.25) is 5.91 Å². The maximum Gasteiger partial charge on any atom is 0.339 e. The van der Waals surface area contributed by atoms with Gasteiger partial charge in [0.1, 0.15) is 10.6 Å². The minimum absolute atomic E-state index is 0.00419. The van der Waals surface area contributed by atoms with E-state index < -0.39 is 10.1 Å². The number of methoxy groups -OCH3 is 2. The highest BCUT2D eigenvalue weighted by atomic mass is 32.2. The molecule has 0 spiro atoms. The fraction of sp³-hybridized carbons (Fsp3) is 0.458. The molecule has 0 radical (unpaired) electrons. The van der Waals surface area contributed by atoms with Crippen LogP contribution in [0.2, 0.25) is 0 Å². The molecule has 0 aliphatic carbocycles. The van der Waals surface area contributed by atoms with Crippen LogP contribution in [-0.2, 0) is 21.5 Å². The van der Waals surface area contributed by atoms with Gasteiger partial charge in [-0.3, -0.25) is 4.79 Å². The van der Waals surface area contributed by atoms with Gasteiger partial charge in [-0.25, -0.2) is 0 Å². The zero-order valence-electron chi connectivity index (χ0n) is 20.2. The first-order chi connectivity index (χ1) is 15.6. The van der Waals surface area contributed by atoms with E-state index >= 15 is 0 Å². The number of nitrogens with zero attached hydrogens (tertiary/aromatic N) is 2. The van der Waals surface area contributed by atoms with E-state index in [4.69, 9.17) is 13.7 Å². The Balaban J connectivity index is 2.29. The predicted molar refractivity (Wildman–Crippen MR) is 127 cm³/mol. The highest BCUT2D eigenvalue weighted by Crippen LogP contribution is 2.31. The average molecular weight is 479 g/mol. The third-order valence-electron chi connectivity index (χ3n) is 4.90. The second-order valence-corrected chi connectivity index (χ2v) is 9.96. The van der Waals surface area contributed by atoms with E-state index in [-0.39, 0.29) is 28.2 Å². The molecule has 0 heterocycles. The molecule has 8 nitrogen and oxygen atoms in total. The molecule has 2 aromatic rings. The molecule has 33 heavy (non-hydrogen) atoms. The van der Waals surface area contributed by atoms with Crippen LogP contribution in [0.5, 0.6) is 17.2 Å². The third-order valence-corrected chi connectivity index (χ3v) is 6.15. The van der Waals surface area contributed by atoms with E-state index in [2.05, 4.69) is 0 Å². The van der Waals surface area contributed by atoms with Crippen molar-refractivity contribution in [2.75, 3.05) is 41.4 Å². The van der Waals surface area contributed by atoms with Crippen molar-refractivity contribution in [1.82, 2.24) is 9.80 Å². The lowest BCUT2D eigenvalue weighted by Gasteiger charge is -2.25. The van der Waals surface area contributed by atoms with Crippen molar-refractivity contribution in [3.63, 3.8) is 0 Å². The molecule has 0 unspecified atom stereocenters. The van der Waals surface area contributed by atoms with Gasteiger partial charge >= 0.3 is 10.1 Å². The summed E-state index contributed by atoms with van der Waals surface area (Å²) in [5.74, 6) is 1.18. The lowest BCUT2D eigenvalue weighted by molar-refractivity contribution is -0.132. The molecular weight excluding hydrogens is 444 g/mol. The predicted octanol–water partition coefficient (Wildman–Crippen LogP) is 3.41. The summed E-state index contributed by atoms with van der Waals surface area (Å²) in [5, 5.41) is 0. The molecule has 0 N–H and O–H groups in total. The van der Waals surface area contributed by atoms with Crippen LogP contribution in [0, 0.1) is 5.92 Å². The molecule has 1 amide bonds. The number of rotatable bonds is 12. The van der Waals surface area contributed by atoms with Gasteiger partial charge in [-0.15, -0.1) is 0 Å². The summed E-state index contributed by atoms with van der Waals surface area (Å²) in [4.78, 5) is 16.6. The Labute approximate surface area is 197 Å². The fourth-order valence-electron chi connectivity index (χ4n) is 3.10. The third kappa shape index (κ3) is 7.94. The number of benzene rings is 2. The summed E-state index contributed by atoms with van der Waals surface area (Å²) in [6.07, 6.45) is 0.443. The molecule has 0 bridgehead atoms.